The molecule has 1 atom stereocenters. The molecule has 1 unspecified atom stereocenters. The van der Waals surface area contributed by atoms with Gasteiger partial charge in [-0.15, -0.1) is 0 Å². The predicted octanol–water partition coefficient (Wildman–Crippen LogP) is 1.80. The van der Waals surface area contributed by atoms with E-state index < -0.39 is 23.8 Å². The molecular formula is C22H29N3O6. The highest BCUT2D eigenvalue weighted by atomic mass is 16.5. The van der Waals surface area contributed by atoms with Crippen LogP contribution in [0.5, 0.6) is 5.75 Å². The summed E-state index contributed by atoms with van der Waals surface area (Å²) in [5.74, 6) is -0.962. The van der Waals surface area contributed by atoms with Crippen LogP contribution in [0.25, 0.3) is 0 Å². The molecule has 31 heavy (non-hydrogen) atoms. The van der Waals surface area contributed by atoms with Crippen LogP contribution in [-0.4, -0.2) is 54.1 Å². The molecule has 1 aliphatic heterocycles. The molecule has 0 fully saturated rings. The van der Waals surface area contributed by atoms with E-state index in [-0.39, 0.29) is 24.3 Å². The Morgan fingerprint density at radius 1 is 1.13 bits per heavy atom. The van der Waals surface area contributed by atoms with Gasteiger partial charge in [0.05, 0.1) is 17.7 Å². The number of fused-ring (bicyclic) bond motifs is 1. The number of carbonyl (C=O) groups excluding carboxylic acids is 5. The number of amides is 5. The third-order valence-corrected chi connectivity index (χ3v) is 5.06. The van der Waals surface area contributed by atoms with Gasteiger partial charge in [0.15, 0.2) is 0 Å². The highest BCUT2D eigenvalue weighted by Gasteiger charge is 2.40. The van der Waals surface area contributed by atoms with Crippen molar-refractivity contribution in [3.8, 4) is 5.75 Å². The Kier molecular flexibility index (Phi) is 9.17. The second-order valence-electron chi connectivity index (χ2n) is 7.48. The van der Waals surface area contributed by atoms with E-state index in [2.05, 4.69) is 5.32 Å². The van der Waals surface area contributed by atoms with Crippen LogP contribution in [-0.2, 0) is 14.4 Å². The van der Waals surface area contributed by atoms with E-state index in [0.29, 0.717) is 30.9 Å². The molecule has 9 nitrogen and oxygen atoms in total. The second-order valence-corrected chi connectivity index (χ2v) is 7.48. The number of unbranched alkanes of at least 4 members (excludes halogenated alkanes) is 3. The first-order valence-electron chi connectivity index (χ1n) is 10.5. The van der Waals surface area contributed by atoms with Gasteiger partial charge in [0.1, 0.15) is 5.75 Å². The van der Waals surface area contributed by atoms with Gasteiger partial charge in [-0.05, 0) is 38.3 Å². The number of benzene rings is 1. The first-order valence-corrected chi connectivity index (χ1v) is 10.5. The lowest BCUT2D eigenvalue weighted by molar-refractivity contribution is -0.125. The molecule has 9 heteroatoms. The van der Waals surface area contributed by atoms with Crippen LogP contribution in [0.3, 0.4) is 0 Å². The maximum atomic E-state index is 12.9. The fourth-order valence-electron chi connectivity index (χ4n) is 3.43. The third-order valence-electron chi connectivity index (χ3n) is 5.06. The fraction of sp³-hybridized carbons (Fsp3) is 0.500. The molecule has 0 radical (unpaired) electrons. The lowest BCUT2D eigenvalue weighted by Gasteiger charge is -2.22. The van der Waals surface area contributed by atoms with Crippen molar-refractivity contribution in [3.05, 3.63) is 29.3 Å². The molecule has 2 rings (SSSR count). The molecular weight excluding hydrogens is 402 g/mol. The van der Waals surface area contributed by atoms with Crippen LogP contribution < -0.4 is 15.4 Å². The number of nitrogens with zero attached hydrogens (tertiary/aromatic N) is 1. The van der Waals surface area contributed by atoms with Gasteiger partial charge in [0.25, 0.3) is 11.8 Å². The minimum absolute atomic E-state index is 0.0264. The SMILES string of the molecule is CC(=O)NCCCCCCOc1cccc2c1C(=O)N(C(C)CCC(=O)NC=O)C2=O. The Morgan fingerprint density at radius 2 is 1.87 bits per heavy atom. The lowest BCUT2D eigenvalue weighted by atomic mass is 10.1. The number of carbonyl (C=O) groups is 5. The van der Waals surface area contributed by atoms with Crippen LogP contribution in [0, 0.1) is 0 Å². The van der Waals surface area contributed by atoms with E-state index in [1.807, 2.05) is 5.32 Å². The van der Waals surface area contributed by atoms with Crippen LogP contribution in [0.2, 0.25) is 0 Å². The van der Waals surface area contributed by atoms with Gasteiger partial charge in [-0.1, -0.05) is 18.9 Å². The summed E-state index contributed by atoms with van der Waals surface area (Å²) in [5.41, 5.74) is 0.546. The normalized spacial score (nSPS) is 13.5. The summed E-state index contributed by atoms with van der Waals surface area (Å²) in [6.07, 6.45) is 4.15. The van der Waals surface area contributed by atoms with Crippen molar-refractivity contribution >= 4 is 30.0 Å². The molecule has 0 bridgehead atoms. The number of nitrogens with one attached hydrogen (secondary N) is 2. The zero-order valence-electron chi connectivity index (χ0n) is 17.9. The topological polar surface area (TPSA) is 122 Å². The number of hydrogen-bond donors (Lipinski definition) is 2. The average molecular weight is 431 g/mol. The lowest BCUT2D eigenvalue weighted by Crippen LogP contribution is -2.38. The van der Waals surface area contributed by atoms with Gasteiger partial charge >= 0.3 is 0 Å². The second kappa shape index (κ2) is 11.8. The highest BCUT2D eigenvalue weighted by Crippen LogP contribution is 2.33. The summed E-state index contributed by atoms with van der Waals surface area (Å²) < 4.78 is 5.80. The first-order chi connectivity index (χ1) is 14.9. The monoisotopic (exact) mass is 431 g/mol. The van der Waals surface area contributed by atoms with Crippen LogP contribution in [0.1, 0.15) is 73.1 Å². The summed E-state index contributed by atoms with van der Waals surface area (Å²) in [4.78, 5) is 59.5. The van der Waals surface area contributed by atoms with Gasteiger partial charge in [-0.2, -0.15) is 0 Å². The summed E-state index contributed by atoms with van der Waals surface area (Å²) in [6, 6.07) is 4.45. The van der Waals surface area contributed by atoms with Gasteiger partial charge in [-0.3, -0.25) is 34.2 Å². The van der Waals surface area contributed by atoms with Crippen molar-refractivity contribution < 1.29 is 28.7 Å². The van der Waals surface area contributed by atoms with Crippen molar-refractivity contribution in [1.82, 2.24) is 15.5 Å². The minimum atomic E-state index is -0.499. The van der Waals surface area contributed by atoms with Crippen molar-refractivity contribution in [2.24, 2.45) is 0 Å². The third kappa shape index (κ3) is 6.63. The smallest absolute Gasteiger partial charge is 0.265 e. The number of ether oxygens (including phenoxy) is 1. The van der Waals surface area contributed by atoms with Gasteiger partial charge in [-0.25, -0.2) is 0 Å². The van der Waals surface area contributed by atoms with Gasteiger partial charge in [0, 0.05) is 25.9 Å². The zero-order chi connectivity index (χ0) is 22.8. The largest absolute Gasteiger partial charge is 0.493 e. The Morgan fingerprint density at radius 3 is 2.58 bits per heavy atom. The van der Waals surface area contributed by atoms with Crippen molar-refractivity contribution in [1.29, 1.82) is 0 Å². The maximum absolute atomic E-state index is 12.9. The Bertz CT molecular complexity index is 839. The predicted molar refractivity (Wildman–Crippen MR) is 112 cm³/mol. The molecule has 2 N–H and O–H groups in total. The summed E-state index contributed by atoms with van der Waals surface area (Å²) >= 11 is 0. The number of rotatable bonds is 13. The maximum Gasteiger partial charge on any atom is 0.265 e. The fourth-order valence-corrected chi connectivity index (χ4v) is 3.43. The molecule has 0 saturated heterocycles. The van der Waals surface area contributed by atoms with E-state index >= 15 is 0 Å². The van der Waals surface area contributed by atoms with E-state index in [1.165, 1.54) is 6.92 Å². The number of imide groups is 2. The molecule has 1 aromatic carbocycles. The molecule has 168 valence electrons. The minimum Gasteiger partial charge on any atom is -0.493 e. The van der Waals surface area contributed by atoms with E-state index in [0.717, 1.165) is 30.6 Å². The highest BCUT2D eigenvalue weighted by molar-refractivity contribution is 6.22. The summed E-state index contributed by atoms with van der Waals surface area (Å²) in [5, 5.41) is 4.80. The molecule has 1 aromatic rings. The number of hydrogen-bond acceptors (Lipinski definition) is 6. The van der Waals surface area contributed by atoms with Crippen molar-refractivity contribution in [2.45, 2.75) is 58.4 Å². The molecule has 5 amide bonds. The average Bonchev–Trinajstić information content (AvgIpc) is 2.99. The van der Waals surface area contributed by atoms with E-state index in [1.54, 1.807) is 25.1 Å². The molecule has 0 spiro atoms. The quantitative estimate of drug-likeness (QED) is 0.279. The van der Waals surface area contributed by atoms with Crippen molar-refractivity contribution in [3.63, 3.8) is 0 Å². The molecule has 0 saturated carbocycles. The Hall–Kier alpha value is -3.23. The molecule has 0 aromatic heterocycles. The molecule has 1 aliphatic rings. The Balaban J connectivity index is 1.89. The van der Waals surface area contributed by atoms with Crippen LogP contribution >= 0.6 is 0 Å². The van der Waals surface area contributed by atoms with Crippen LogP contribution in [0.15, 0.2) is 18.2 Å². The van der Waals surface area contributed by atoms with E-state index in [4.69, 9.17) is 4.74 Å². The van der Waals surface area contributed by atoms with Gasteiger partial charge in [0.2, 0.25) is 18.2 Å². The van der Waals surface area contributed by atoms with Gasteiger partial charge < -0.3 is 10.1 Å². The zero-order valence-corrected chi connectivity index (χ0v) is 17.9. The first kappa shape index (κ1) is 24.0. The molecule has 0 aliphatic carbocycles. The van der Waals surface area contributed by atoms with Crippen molar-refractivity contribution in [2.75, 3.05) is 13.2 Å². The standard InChI is InChI=1S/C22H29N3O6/c1-15(10-11-19(28)24-14-26)25-21(29)17-8-7-9-18(20(17)22(25)30)31-13-6-4-3-5-12-23-16(2)27/h7-9,14-15H,3-6,10-13H2,1-2H3,(H,23,27)(H,24,26,28). The summed E-state index contributed by atoms with van der Waals surface area (Å²) in [6.45, 7) is 4.26. The summed E-state index contributed by atoms with van der Waals surface area (Å²) in [7, 11) is 0. The molecule has 1 heterocycles. The van der Waals surface area contributed by atoms with E-state index in [9.17, 15) is 24.0 Å². The Labute approximate surface area is 181 Å². The van der Waals surface area contributed by atoms with Crippen LogP contribution in [0.4, 0.5) is 0 Å².